The molecule has 0 aliphatic carbocycles. The number of unbranched alkanes of at least 4 members (excludes halogenated alkanes) is 1. The lowest BCUT2D eigenvalue weighted by atomic mass is 10.1. The van der Waals surface area contributed by atoms with Crippen molar-refractivity contribution in [1.29, 1.82) is 0 Å². The van der Waals surface area contributed by atoms with Gasteiger partial charge in [-0.3, -0.25) is 14.0 Å². The topological polar surface area (TPSA) is 66.7 Å². The molecule has 0 aliphatic rings. The van der Waals surface area contributed by atoms with Gasteiger partial charge in [-0.1, -0.05) is 31.5 Å². The van der Waals surface area contributed by atoms with E-state index in [2.05, 4.69) is 17.2 Å². The Morgan fingerprint density at radius 3 is 2.68 bits per heavy atom. The summed E-state index contributed by atoms with van der Waals surface area (Å²) in [5.74, 6) is -0.322. The molecule has 0 saturated heterocycles. The number of aromatic nitrogens is 2. The first-order valence-corrected chi connectivity index (χ1v) is 9.54. The van der Waals surface area contributed by atoms with Crippen molar-refractivity contribution in [3.8, 4) is 0 Å². The number of pyridine rings is 1. The molecule has 146 valence electrons. The Kier molecular flexibility index (Phi) is 5.78. The molecular formula is C22H26N4O2. The lowest BCUT2D eigenvalue weighted by molar-refractivity contribution is 0.0790. The minimum absolute atomic E-state index is 0.178. The minimum Gasteiger partial charge on any atom is -0.340 e. The number of nitrogens with zero attached hydrogens (tertiary/aromatic N) is 3. The summed E-state index contributed by atoms with van der Waals surface area (Å²) in [5, 5.41) is 2.93. The summed E-state index contributed by atoms with van der Waals surface area (Å²) in [7, 11) is 1.77. The molecule has 2 amide bonds. The maximum Gasteiger partial charge on any atom is 0.292 e. The van der Waals surface area contributed by atoms with Crippen LogP contribution < -0.4 is 5.32 Å². The first kappa shape index (κ1) is 19.6. The van der Waals surface area contributed by atoms with Crippen LogP contribution in [0.1, 0.15) is 52.0 Å². The molecule has 0 aliphatic heterocycles. The molecule has 2 heterocycles. The minimum atomic E-state index is -0.342. The van der Waals surface area contributed by atoms with Gasteiger partial charge in [-0.15, -0.1) is 0 Å². The van der Waals surface area contributed by atoms with Gasteiger partial charge >= 0.3 is 0 Å². The molecule has 0 fully saturated rings. The molecule has 28 heavy (non-hydrogen) atoms. The third-order valence-corrected chi connectivity index (χ3v) is 5.00. The van der Waals surface area contributed by atoms with E-state index in [1.807, 2.05) is 50.2 Å². The summed E-state index contributed by atoms with van der Waals surface area (Å²) >= 11 is 0. The molecule has 3 aromatic rings. The second kappa shape index (κ2) is 8.25. The van der Waals surface area contributed by atoms with Gasteiger partial charge in [0.1, 0.15) is 0 Å². The molecule has 3 rings (SSSR count). The van der Waals surface area contributed by atoms with Crippen LogP contribution in [-0.2, 0) is 0 Å². The van der Waals surface area contributed by atoms with Gasteiger partial charge in [-0.25, -0.2) is 4.98 Å². The number of amides is 2. The normalized spacial score (nSPS) is 10.9. The smallest absolute Gasteiger partial charge is 0.292 e. The van der Waals surface area contributed by atoms with Crippen LogP contribution in [0, 0.1) is 13.8 Å². The predicted molar refractivity (Wildman–Crippen MR) is 111 cm³/mol. The third-order valence-electron chi connectivity index (χ3n) is 5.00. The Labute approximate surface area is 165 Å². The summed E-state index contributed by atoms with van der Waals surface area (Å²) in [5.41, 5.74) is 3.77. The number of imidazole rings is 1. The molecule has 6 nitrogen and oxygen atoms in total. The number of nitrogens with one attached hydrogen (secondary N) is 1. The number of rotatable bonds is 6. The fourth-order valence-electron chi connectivity index (χ4n) is 3.10. The lowest BCUT2D eigenvalue weighted by Crippen LogP contribution is -2.28. The van der Waals surface area contributed by atoms with Gasteiger partial charge < -0.3 is 10.2 Å². The van der Waals surface area contributed by atoms with Crippen LogP contribution in [-0.4, -0.2) is 39.7 Å². The Balaban J connectivity index is 1.97. The molecule has 1 aromatic carbocycles. The van der Waals surface area contributed by atoms with Crippen molar-refractivity contribution in [2.45, 2.75) is 33.6 Å². The Bertz CT molecular complexity index is 1020. The van der Waals surface area contributed by atoms with E-state index in [0.29, 0.717) is 17.8 Å². The Morgan fingerprint density at radius 1 is 1.14 bits per heavy atom. The first-order chi connectivity index (χ1) is 13.4. The average Bonchev–Trinajstić information content (AvgIpc) is 3.09. The Hall–Kier alpha value is -3.15. The van der Waals surface area contributed by atoms with Crippen LogP contribution in [0.4, 0.5) is 5.69 Å². The van der Waals surface area contributed by atoms with E-state index in [1.54, 1.807) is 22.5 Å². The number of aryl methyl sites for hydroxylation is 1. The van der Waals surface area contributed by atoms with Crippen molar-refractivity contribution in [2.75, 3.05) is 18.9 Å². The second-order valence-electron chi connectivity index (χ2n) is 7.02. The summed E-state index contributed by atoms with van der Waals surface area (Å²) in [4.78, 5) is 31.9. The number of anilines is 1. The average molecular weight is 378 g/mol. The fourth-order valence-corrected chi connectivity index (χ4v) is 3.10. The van der Waals surface area contributed by atoms with E-state index in [1.165, 1.54) is 0 Å². The zero-order chi connectivity index (χ0) is 20.3. The maximum atomic E-state index is 13.0. The van der Waals surface area contributed by atoms with E-state index in [-0.39, 0.29) is 17.6 Å². The molecule has 2 aromatic heterocycles. The molecule has 0 saturated carbocycles. The van der Waals surface area contributed by atoms with E-state index in [9.17, 15) is 9.59 Å². The van der Waals surface area contributed by atoms with E-state index < -0.39 is 0 Å². The van der Waals surface area contributed by atoms with Crippen molar-refractivity contribution < 1.29 is 9.59 Å². The van der Waals surface area contributed by atoms with E-state index >= 15 is 0 Å². The third kappa shape index (κ3) is 3.76. The van der Waals surface area contributed by atoms with Crippen LogP contribution in [0.3, 0.4) is 0 Å². The molecular weight excluding hydrogens is 352 g/mol. The summed E-state index contributed by atoms with van der Waals surface area (Å²) < 4.78 is 1.67. The highest BCUT2D eigenvalue weighted by Gasteiger charge is 2.23. The molecule has 6 heteroatoms. The van der Waals surface area contributed by atoms with Gasteiger partial charge in [0.25, 0.3) is 11.8 Å². The molecule has 0 spiro atoms. The Morgan fingerprint density at radius 2 is 1.93 bits per heavy atom. The summed E-state index contributed by atoms with van der Waals surface area (Å²) in [6, 6.07) is 11.2. The van der Waals surface area contributed by atoms with Crippen molar-refractivity contribution in [3.63, 3.8) is 0 Å². The number of hydrogen-bond donors (Lipinski definition) is 1. The fraction of sp³-hybridized carbons (Fsp3) is 0.318. The first-order valence-electron chi connectivity index (χ1n) is 9.54. The highest BCUT2D eigenvalue weighted by molar-refractivity contribution is 6.06. The van der Waals surface area contributed by atoms with Gasteiger partial charge in [-0.2, -0.15) is 0 Å². The van der Waals surface area contributed by atoms with Crippen molar-refractivity contribution in [2.24, 2.45) is 0 Å². The van der Waals surface area contributed by atoms with Gasteiger partial charge in [0.15, 0.2) is 5.69 Å². The number of benzene rings is 1. The van der Waals surface area contributed by atoms with Gasteiger partial charge in [0, 0.05) is 25.5 Å². The van der Waals surface area contributed by atoms with Gasteiger partial charge in [0.05, 0.1) is 5.52 Å². The van der Waals surface area contributed by atoms with Crippen LogP contribution in [0.2, 0.25) is 0 Å². The lowest BCUT2D eigenvalue weighted by Gasteiger charge is -2.15. The van der Waals surface area contributed by atoms with Crippen LogP contribution in [0.25, 0.3) is 5.52 Å². The summed E-state index contributed by atoms with van der Waals surface area (Å²) in [6.07, 6.45) is 3.68. The largest absolute Gasteiger partial charge is 0.340 e. The monoisotopic (exact) mass is 378 g/mol. The van der Waals surface area contributed by atoms with Crippen LogP contribution in [0.5, 0.6) is 0 Å². The van der Waals surface area contributed by atoms with Gasteiger partial charge in [0.2, 0.25) is 5.82 Å². The number of fused-ring (bicyclic) bond motifs is 1. The standard InChI is InChI=1S/C22H26N4O2/c1-5-6-13-25(4)22(28)19-18-12-7-8-14-26(18)20(24-19)21(27)23-17-11-9-10-15(2)16(17)3/h7-12,14H,5-6,13H2,1-4H3,(H,23,27). The van der Waals surface area contributed by atoms with Crippen molar-refractivity contribution in [1.82, 2.24) is 14.3 Å². The number of carbonyl (C=O) groups excluding carboxylic acids is 2. The van der Waals surface area contributed by atoms with Gasteiger partial charge in [-0.05, 0) is 49.6 Å². The quantitative estimate of drug-likeness (QED) is 0.703. The molecule has 0 bridgehead atoms. The van der Waals surface area contributed by atoms with Crippen LogP contribution in [0.15, 0.2) is 42.6 Å². The maximum absolute atomic E-state index is 13.0. The number of hydrogen-bond acceptors (Lipinski definition) is 3. The highest BCUT2D eigenvalue weighted by Crippen LogP contribution is 2.20. The number of carbonyl (C=O) groups is 2. The van der Waals surface area contributed by atoms with Crippen molar-refractivity contribution >= 4 is 23.0 Å². The van der Waals surface area contributed by atoms with E-state index in [0.717, 1.165) is 29.7 Å². The van der Waals surface area contributed by atoms with Crippen molar-refractivity contribution in [3.05, 3.63) is 65.2 Å². The second-order valence-corrected chi connectivity index (χ2v) is 7.02. The molecule has 0 radical (unpaired) electrons. The van der Waals surface area contributed by atoms with E-state index in [4.69, 9.17) is 0 Å². The predicted octanol–water partition coefficient (Wildman–Crippen LogP) is 4.08. The molecule has 0 unspecified atom stereocenters. The molecule has 0 atom stereocenters. The SMILES string of the molecule is CCCCN(C)C(=O)c1nc(C(=O)Nc2cccc(C)c2C)n2ccccc12. The summed E-state index contributed by atoms with van der Waals surface area (Å²) in [6.45, 7) is 6.70. The van der Waals surface area contributed by atoms with Crippen LogP contribution >= 0.6 is 0 Å². The molecule has 1 N–H and O–H groups in total. The zero-order valence-corrected chi connectivity index (χ0v) is 16.8. The highest BCUT2D eigenvalue weighted by atomic mass is 16.2. The zero-order valence-electron chi connectivity index (χ0n) is 16.8.